The van der Waals surface area contributed by atoms with Crippen LogP contribution in [0.5, 0.6) is 0 Å². The molecule has 15 heavy (non-hydrogen) atoms. The van der Waals surface area contributed by atoms with Crippen LogP contribution in [-0.2, 0) is 10.2 Å². The zero-order valence-corrected chi connectivity index (χ0v) is 10.3. The topological polar surface area (TPSA) is 37.3 Å². The SMILES string of the molecule is CC(C)(/C=C/C(=O)O)c1ccccc1Br. The number of rotatable bonds is 3. The second kappa shape index (κ2) is 4.62. The van der Waals surface area contributed by atoms with Crippen LogP contribution in [0.2, 0.25) is 0 Å². The molecule has 0 aliphatic rings. The molecule has 2 nitrogen and oxygen atoms in total. The minimum Gasteiger partial charge on any atom is -0.478 e. The minimum absolute atomic E-state index is 0.293. The van der Waals surface area contributed by atoms with Crippen molar-refractivity contribution in [2.24, 2.45) is 0 Å². The van der Waals surface area contributed by atoms with Gasteiger partial charge >= 0.3 is 5.97 Å². The first-order valence-electron chi connectivity index (χ1n) is 4.60. The van der Waals surface area contributed by atoms with Crippen LogP contribution in [0.25, 0.3) is 0 Å². The van der Waals surface area contributed by atoms with Gasteiger partial charge in [-0.1, -0.05) is 54.1 Å². The highest BCUT2D eigenvalue weighted by atomic mass is 79.9. The lowest BCUT2D eigenvalue weighted by Crippen LogP contribution is -2.14. The lowest BCUT2D eigenvalue weighted by Gasteiger charge is -2.22. The second-order valence-corrected chi connectivity index (χ2v) is 4.73. The molecule has 0 spiro atoms. The summed E-state index contributed by atoms with van der Waals surface area (Å²) in [5.74, 6) is -0.921. The predicted molar refractivity (Wildman–Crippen MR) is 63.9 cm³/mol. The monoisotopic (exact) mass is 268 g/mol. The van der Waals surface area contributed by atoms with Crippen molar-refractivity contribution in [2.75, 3.05) is 0 Å². The van der Waals surface area contributed by atoms with Crippen molar-refractivity contribution in [3.8, 4) is 0 Å². The van der Waals surface area contributed by atoms with E-state index in [-0.39, 0.29) is 5.41 Å². The fourth-order valence-electron chi connectivity index (χ4n) is 1.35. The Bertz CT molecular complexity index is 394. The highest BCUT2D eigenvalue weighted by Gasteiger charge is 2.19. The van der Waals surface area contributed by atoms with Gasteiger partial charge in [-0.2, -0.15) is 0 Å². The third kappa shape index (κ3) is 3.20. The lowest BCUT2D eigenvalue weighted by molar-refractivity contribution is -0.131. The quantitative estimate of drug-likeness (QED) is 0.854. The number of hydrogen-bond donors (Lipinski definition) is 1. The summed E-state index contributed by atoms with van der Waals surface area (Å²) < 4.78 is 0.991. The summed E-state index contributed by atoms with van der Waals surface area (Å²) in [7, 11) is 0. The molecule has 0 saturated carbocycles. The van der Waals surface area contributed by atoms with Gasteiger partial charge in [-0.15, -0.1) is 0 Å². The van der Waals surface area contributed by atoms with Gasteiger partial charge in [0.15, 0.2) is 0 Å². The van der Waals surface area contributed by atoms with E-state index in [1.165, 1.54) is 6.08 Å². The van der Waals surface area contributed by atoms with Gasteiger partial charge in [-0.05, 0) is 11.6 Å². The molecule has 0 saturated heterocycles. The van der Waals surface area contributed by atoms with Gasteiger partial charge in [0.25, 0.3) is 0 Å². The van der Waals surface area contributed by atoms with Crippen molar-refractivity contribution in [2.45, 2.75) is 19.3 Å². The molecule has 0 aliphatic heterocycles. The molecule has 1 aromatic carbocycles. The van der Waals surface area contributed by atoms with Gasteiger partial charge in [-0.25, -0.2) is 4.79 Å². The first-order chi connectivity index (χ1) is 6.93. The first kappa shape index (κ1) is 12.0. The van der Waals surface area contributed by atoms with Crippen LogP contribution >= 0.6 is 15.9 Å². The lowest BCUT2D eigenvalue weighted by atomic mass is 9.84. The molecule has 3 heteroatoms. The number of halogens is 1. The fraction of sp³-hybridized carbons (Fsp3) is 0.250. The number of carboxylic acid groups (broad SMARTS) is 1. The Hall–Kier alpha value is -1.09. The third-order valence-corrected chi connectivity index (χ3v) is 2.90. The molecule has 0 aromatic heterocycles. The maximum atomic E-state index is 10.5. The van der Waals surface area contributed by atoms with Crippen molar-refractivity contribution in [3.05, 3.63) is 46.5 Å². The summed E-state index contributed by atoms with van der Waals surface area (Å²) in [4.78, 5) is 10.5. The summed E-state index contributed by atoms with van der Waals surface area (Å²) in [6.45, 7) is 3.96. The molecule has 1 rings (SSSR count). The van der Waals surface area contributed by atoms with Crippen LogP contribution in [0, 0.1) is 0 Å². The van der Waals surface area contributed by atoms with Gasteiger partial charge in [0.1, 0.15) is 0 Å². The number of carbonyl (C=O) groups is 1. The fourth-order valence-corrected chi connectivity index (χ4v) is 2.15. The standard InChI is InChI=1S/C12H13BrO2/c1-12(2,8-7-11(14)15)9-5-3-4-6-10(9)13/h3-8H,1-2H3,(H,14,15)/b8-7+. The number of aliphatic carboxylic acids is 1. The third-order valence-electron chi connectivity index (χ3n) is 2.21. The average molecular weight is 269 g/mol. The number of hydrogen-bond acceptors (Lipinski definition) is 1. The summed E-state index contributed by atoms with van der Waals surface area (Å²) in [5.41, 5.74) is 0.779. The van der Waals surface area contributed by atoms with E-state index in [4.69, 9.17) is 5.11 Å². The van der Waals surface area contributed by atoms with Gasteiger partial charge in [-0.3, -0.25) is 0 Å². The Labute approximate surface area is 97.8 Å². The highest BCUT2D eigenvalue weighted by molar-refractivity contribution is 9.10. The van der Waals surface area contributed by atoms with Crippen LogP contribution < -0.4 is 0 Å². The van der Waals surface area contributed by atoms with Gasteiger partial charge in [0, 0.05) is 16.0 Å². The van der Waals surface area contributed by atoms with Crippen molar-refractivity contribution in [1.29, 1.82) is 0 Å². The molecule has 0 fully saturated rings. The van der Waals surface area contributed by atoms with Crippen LogP contribution in [0.15, 0.2) is 40.9 Å². The molecule has 80 valence electrons. The van der Waals surface area contributed by atoms with E-state index in [2.05, 4.69) is 15.9 Å². The van der Waals surface area contributed by atoms with E-state index >= 15 is 0 Å². The summed E-state index contributed by atoms with van der Waals surface area (Å²) in [6, 6.07) is 7.81. The molecular formula is C12H13BrO2. The van der Waals surface area contributed by atoms with Crippen molar-refractivity contribution >= 4 is 21.9 Å². The zero-order chi connectivity index (χ0) is 11.5. The average Bonchev–Trinajstić information content (AvgIpc) is 2.15. The smallest absolute Gasteiger partial charge is 0.328 e. The van der Waals surface area contributed by atoms with E-state index in [9.17, 15) is 4.79 Å². The number of carboxylic acids is 1. The number of benzene rings is 1. The second-order valence-electron chi connectivity index (χ2n) is 3.87. The van der Waals surface area contributed by atoms with E-state index in [1.54, 1.807) is 6.08 Å². The predicted octanol–water partition coefficient (Wildman–Crippen LogP) is 3.37. The van der Waals surface area contributed by atoms with Crippen molar-refractivity contribution < 1.29 is 9.90 Å². The molecule has 1 aromatic rings. The maximum absolute atomic E-state index is 10.5. The van der Waals surface area contributed by atoms with Crippen LogP contribution in [-0.4, -0.2) is 11.1 Å². The highest BCUT2D eigenvalue weighted by Crippen LogP contribution is 2.30. The van der Waals surface area contributed by atoms with E-state index in [1.807, 2.05) is 38.1 Å². The Balaban J connectivity index is 3.06. The Morgan fingerprint density at radius 2 is 2.00 bits per heavy atom. The normalized spacial score (nSPS) is 11.9. The molecule has 1 N–H and O–H groups in total. The van der Waals surface area contributed by atoms with Gasteiger partial charge in [0.2, 0.25) is 0 Å². The van der Waals surface area contributed by atoms with Gasteiger partial charge in [0.05, 0.1) is 0 Å². The molecule has 0 bridgehead atoms. The zero-order valence-electron chi connectivity index (χ0n) is 8.70. The summed E-state index contributed by atoms with van der Waals surface area (Å²) in [6.07, 6.45) is 2.87. The molecular weight excluding hydrogens is 256 g/mol. The Morgan fingerprint density at radius 3 is 2.53 bits per heavy atom. The van der Waals surface area contributed by atoms with Crippen molar-refractivity contribution in [1.82, 2.24) is 0 Å². The van der Waals surface area contributed by atoms with Crippen LogP contribution in [0.3, 0.4) is 0 Å². The molecule has 0 heterocycles. The molecule has 0 atom stereocenters. The largest absolute Gasteiger partial charge is 0.478 e. The van der Waals surface area contributed by atoms with E-state index in [0.717, 1.165) is 10.0 Å². The van der Waals surface area contributed by atoms with E-state index < -0.39 is 5.97 Å². The summed E-state index contributed by atoms with van der Waals surface area (Å²) in [5, 5.41) is 8.59. The summed E-state index contributed by atoms with van der Waals surface area (Å²) >= 11 is 3.46. The maximum Gasteiger partial charge on any atom is 0.328 e. The van der Waals surface area contributed by atoms with Crippen LogP contribution in [0.1, 0.15) is 19.4 Å². The molecule has 0 aliphatic carbocycles. The van der Waals surface area contributed by atoms with Crippen LogP contribution in [0.4, 0.5) is 0 Å². The number of allylic oxidation sites excluding steroid dienone is 1. The van der Waals surface area contributed by atoms with Crippen molar-refractivity contribution in [3.63, 3.8) is 0 Å². The first-order valence-corrected chi connectivity index (χ1v) is 5.40. The Kier molecular flexibility index (Phi) is 3.69. The molecule has 0 amide bonds. The van der Waals surface area contributed by atoms with E-state index in [0.29, 0.717) is 0 Å². The minimum atomic E-state index is -0.921. The molecule has 0 radical (unpaired) electrons. The van der Waals surface area contributed by atoms with Gasteiger partial charge < -0.3 is 5.11 Å². The molecule has 0 unspecified atom stereocenters. The Morgan fingerprint density at radius 1 is 1.40 bits per heavy atom.